The van der Waals surface area contributed by atoms with Gasteiger partial charge in [0.25, 0.3) is 0 Å². The molecule has 5 nitrogen and oxygen atoms in total. The van der Waals surface area contributed by atoms with Crippen molar-refractivity contribution in [1.82, 2.24) is 0 Å². The van der Waals surface area contributed by atoms with E-state index in [4.69, 9.17) is 9.15 Å². The first-order valence-corrected chi connectivity index (χ1v) is 5.91. The molecule has 0 aliphatic rings. The van der Waals surface area contributed by atoms with Crippen LogP contribution in [0.25, 0.3) is 22.3 Å². The molecule has 3 aromatic rings. The number of phenols is 3. The summed E-state index contributed by atoms with van der Waals surface area (Å²) in [5, 5.41) is 29.4. The fourth-order valence-electron chi connectivity index (χ4n) is 2.09. The maximum absolute atomic E-state index is 9.91. The first-order valence-electron chi connectivity index (χ1n) is 5.91. The van der Waals surface area contributed by atoms with Crippen molar-refractivity contribution < 1.29 is 24.5 Å². The lowest BCUT2D eigenvalue weighted by atomic mass is 10.1. The van der Waals surface area contributed by atoms with Gasteiger partial charge in [-0.15, -0.1) is 0 Å². The molecule has 1 heterocycles. The molecule has 0 fully saturated rings. The molecule has 0 aliphatic carbocycles. The Balaban J connectivity index is 2.20. The van der Waals surface area contributed by atoms with E-state index in [-0.39, 0.29) is 17.2 Å². The van der Waals surface area contributed by atoms with Gasteiger partial charge in [0.15, 0.2) is 0 Å². The molecule has 0 bridgehead atoms. The Kier molecular flexibility index (Phi) is 2.68. The summed E-state index contributed by atoms with van der Waals surface area (Å²) in [5.41, 5.74) is 0.969. The second kappa shape index (κ2) is 4.38. The molecule has 2 aromatic carbocycles. The van der Waals surface area contributed by atoms with Crippen molar-refractivity contribution in [2.75, 3.05) is 7.11 Å². The average Bonchev–Trinajstić information content (AvgIpc) is 2.82. The minimum Gasteiger partial charge on any atom is -0.508 e. The van der Waals surface area contributed by atoms with Crippen LogP contribution >= 0.6 is 0 Å². The standard InChI is InChI=1S/C15H12O5/c1-19-11-5-13(18)12-7-14(20-15(12)6-11)8-2-9(16)4-10(17)3-8/h2-7,16-18H,1H3. The third-order valence-electron chi connectivity index (χ3n) is 3.01. The van der Waals surface area contributed by atoms with Crippen molar-refractivity contribution in [3.05, 3.63) is 36.4 Å². The van der Waals surface area contributed by atoms with Crippen molar-refractivity contribution in [2.24, 2.45) is 0 Å². The maximum atomic E-state index is 9.91. The summed E-state index contributed by atoms with van der Waals surface area (Å²) >= 11 is 0. The molecular weight excluding hydrogens is 260 g/mol. The summed E-state index contributed by atoms with van der Waals surface area (Å²) < 4.78 is 10.7. The highest BCUT2D eigenvalue weighted by atomic mass is 16.5. The number of methoxy groups -OCH3 is 1. The van der Waals surface area contributed by atoms with Crippen molar-refractivity contribution in [1.29, 1.82) is 0 Å². The number of hydrogen-bond acceptors (Lipinski definition) is 5. The van der Waals surface area contributed by atoms with Gasteiger partial charge in [-0.1, -0.05) is 0 Å². The third kappa shape index (κ3) is 1.99. The summed E-state index contributed by atoms with van der Waals surface area (Å²) in [6.45, 7) is 0. The lowest BCUT2D eigenvalue weighted by molar-refractivity contribution is 0.408. The van der Waals surface area contributed by atoms with Crippen LogP contribution in [0.1, 0.15) is 0 Å². The van der Waals surface area contributed by atoms with Crippen LogP contribution in [0.15, 0.2) is 40.8 Å². The van der Waals surface area contributed by atoms with Gasteiger partial charge in [-0.2, -0.15) is 0 Å². The van der Waals surface area contributed by atoms with Gasteiger partial charge in [0.2, 0.25) is 0 Å². The Labute approximate surface area is 114 Å². The fourth-order valence-corrected chi connectivity index (χ4v) is 2.09. The topological polar surface area (TPSA) is 83.1 Å². The molecule has 3 rings (SSSR count). The van der Waals surface area contributed by atoms with E-state index < -0.39 is 0 Å². The monoisotopic (exact) mass is 272 g/mol. The molecule has 0 spiro atoms. The first-order chi connectivity index (χ1) is 9.56. The molecule has 0 aliphatic heterocycles. The van der Waals surface area contributed by atoms with Crippen LogP contribution in [0.5, 0.6) is 23.0 Å². The van der Waals surface area contributed by atoms with Gasteiger partial charge in [-0.05, 0) is 18.2 Å². The molecule has 102 valence electrons. The van der Waals surface area contributed by atoms with Gasteiger partial charge in [0, 0.05) is 23.8 Å². The van der Waals surface area contributed by atoms with Crippen LogP contribution in [0.4, 0.5) is 0 Å². The third-order valence-corrected chi connectivity index (χ3v) is 3.01. The normalized spacial score (nSPS) is 10.8. The smallest absolute Gasteiger partial charge is 0.142 e. The summed E-state index contributed by atoms with van der Waals surface area (Å²) in [7, 11) is 1.50. The number of furan rings is 1. The number of aromatic hydroxyl groups is 3. The van der Waals surface area contributed by atoms with Gasteiger partial charge in [0.1, 0.15) is 34.3 Å². The highest BCUT2D eigenvalue weighted by Gasteiger charge is 2.12. The number of hydrogen-bond donors (Lipinski definition) is 3. The van der Waals surface area contributed by atoms with Crippen LogP contribution in [-0.2, 0) is 0 Å². The van der Waals surface area contributed by atoms with E-state index in [9.17, 15) is 15.3 Å². The Bertz CT molecular complexity index is 768. The van der Waals surface area contributed by atoms with E-state index in [2.05, 4.69) is 0 Å². The number of rotatable bonds is 2. The zero-order valence-corrected chi connectivity index (χ0v) is 10.6. The first kappa shape index (κ1) is 12.2. The van der Waals surface area contributed by atoms with Crippen molar-refractivity contribution in [3.63, 3.8) is 0 Å². The number of ether oxygens (including phenoxy) is 1. The molecule has 1 aromatic heterocycles. The molecule has 0 radical (unpaired) electrons. The zero-order chi connectivity index (χ0) is 14.3. The van der Waals surface area contributed by atoms with Crippen LogP contribution in [0.3, 0.4) is 0 Å². The average molecular weight is 272 g/mol. The highest BCUT2D eigenvalue weighted by molar-refractivity contribution is 5.89. The highest BCUT2D eigenvalue weighted by Crippen LogP contribution is 2.37. The SMILES string of the molecule is COc1cc(O)c2cc(-c3cc(O)cc(O)c3)oc2c1. The van der Waals surface area contributed by atoms with Crippen molar-refractivity contribution in [2.45, 2.75) is 0 Å². The Morgan fingerprint density at radius 1 is 0.900 bits per heavy atom. The van der Waals surface area contributed by atoms with Gasteiger partial charge < -0.3 is 24.5 Å². The Hall–Kier alpha value is -2.82. The minimum atomic E-state index is -0.0674. The summed E-state index contributed by atoms with van der Waals surface area (Å²) in [5.74, 6) is 0.813. The quantitative estimate of drug-likeness (QED) is 0.667. The summed E-state index contributed by atoms with van der Waals surface area (Å²) in [6.07, 6.45) is 0. The molecule has 3 N–H and O–H groups in total. The van der Waals surface area contributed by atoms with E-state index in [1.807, 2.05) is 0 Å². The van der Waals surface area contributed by atoms with E-state index in [0.717, 1.165) is 0 Å². The van der Waals surface area contributed by atoms with Gasteiger partial charge >= 0.3 is 0 Å². The molecular formula is C15H12O5. The lowest BCUT2D eigenvalue weighted by Gasteiger charge is -2.00. The lowest BCUT2D eigenvalue weighted by Crippen LogP contribution is -1.81. The fraction of sp³-hybridized carbons (Fsp3) is 0.0667. The van der Waals surface area contributed by atoms with Crippen LogP contribution in [0.2, 0.25) is 0 Å². The second-order valence-electron chi connectivity index (χ2n) is 4.41. The van der Waals surface area contributed by atoms with E-state index in [0.29, 0.717) is 28.0 Å². The van der Waals surface area contributed by atoms with Gasteiger partial charge in [-0.25, -0.2) is 0 Å². The second-order valence-corrected chi connectivity index (χ2v) is 4.41. The molecule has 0 amide bonds. The predicted octanol–water partition coefficient (Wildman–Crippen LogP) is 3.23. The molecule has 20 heavy (non-hydrogen) atoms. The maximum Gasteiger partial charge on any atom is 0.142 e. The molecule has 5 heteroatoms. The van der Waals surface area contributed by atoms with E-state index >= 15 is 0 Å². The minimum absolute atomic E-state index is 0.0405. The van der Waals surface area contributed by atoms with Crippen molar-refractivity contribution >= 4 is 11.0 Å². The number of fused-ring (bicyclic) bond motifs is 1. The number of phenolic OH excluding ortho intramolecular Hbond substituents is 3. The summed E-state index contributed by atoms with van der Waals surface area (Å²) in [4.78, 5) is 0. The summed E-state index contributed by atoms with van der Waals surface area (Å²) in [6, 6.07) is 8.94. The molecule has 0 saturated carbocycles. The molecule has 0 saturated heterocycles. The molecule has 0 unspecified atom stereocenters. The van der Waals surface area contributed by atoms with Crippen LogP contribution < -0.4 is 4.74 Å². The number of benzene rings is 2. The largest absolute Gasteiger partial charge is 0.508 e. The predicted molar refractivity (Wildman–Crippen MR) is 73.2 cm³/mol. The molecule has 0 atom stereocenters. The Morgan fingerprint density at radius 3 is 2.25 bits per heavy atom. The van der Waals surface area contributed by atoms with Gasteiger partial charge in [0.05, 0.1) is 12.5 Å². The van der Waals surface area contributed by atoms with E-state index in [1.165, 1.54) is 31.4 Å². The van der Waals surface area contributed by atoms with Crippen LogP contribution in [0, 0.1) is 0 Å². The van der Waals surface area contributed by atoms with Gasteiger partial charge in [-0.3, -0.25) is 0 Å². The van der Waals surface area contributed by atoms with Crippen LogP contribution in [-0.4, -0.2) is 22.4 Å². The Morgan fingerprint density at radius 2 is 1.60 bits per heavy atom. The van der Waals surface area contributed by atoms with E-state index in [1.54, 1.807) is 12.1 Å². The zero-order valence-electron chi connectivity index (χ0n) is 10.6. The van der Waals surface area contributed by atoms with Crippen molar-refractivity contribution in [3.8, 4) is 34.3 Å².